The fourth-order valence-corrected chi connectivity index (χ4v) is 5.63. The molecule has 6 rings (SSSR count). The average Bonchev–Trinajstić information content (AvgIpc) is 2.93. The minimum atomic E-state index is -0.898. The van der Waals surface area contributed by atoms with Gasteiger partial charge in [-0.15, -0.1) is 0 Å². The summed E-state index contributed by atoms with van der Waals surface area (Å²) in [5.74, 6) is 2.20. The van der Waals surface area contributed by atoms with Crippen molar-refractivity contribution in [2.75, 3.05) is 7.11 Å². The first-order chi connectivity index (χ1) is 12.1. The Hall–Kier alpha value is -2.30. The number of carboxylic acid groups (broad SMARTS) is 1. The molecule has 1 aromatic carbocycles. The molecule has 0 amide bonds. The summed E-state index contributed by atoms with van der Waals surface area (Å²) < 4.78 is 7.16. The highest BCUT2D eigenvalue weighted by molar-refractivity contribution is 5.88. The van der Waals surface area contributed by atoms with Crippen LogP contribution in [-0.4, -0.2) is 28.0 Å². The molecule has 2 unspecified atom stereocenters. The SMILES string of the molecule is COc1ccc(-n2nc(C(=O)O)c3c2C2CC4CC(CC3C4)C2)cc1. The van der Waals surface area contributed by atoms with Gasteiger partial charge in [0.2, 0.25) is 0 Å². The van der Waals surface area contributed by atoms with Crippen LogP contribution in [0.5, 0.6) is 5.75 Å². The van der Waals surface area contributed by atoms with Gasteiger partial charge in [-0.05, 0) is 74.1 Å². The number of methoxy groups -OCH3 is 1. The van der Waals surface area contributed by atoms with Crippen LogP contribution in [0, 0.1) is 11.8 Å². The average molecular weight is 338 g/mol. The fourth-order valence-electron chi connectivity index (χ4n) is 5.63. The van der Waals surface area contributed by atoms with E-state index in [1.807, 2.05) is 28.9 Å². The van der Waals surface area contributed by atoms with Crippen molar-refractivity contribution in [3.8, 4) is 11.4 Å². The van der Waals surface area contributed by atoms with Gasteiger partial charge in [0.05, 0.1) is 18.5 Å². The van der Waals surface area contributed by atoms with Crippen molar-refractivity contribution < 1.29 is 14.6 Å². The predicted molar refractivity (Wildman–Crippen MR) is 92.6 cm³/mol. The maximum Gasteiger partial charge on any atom is 0.356 e. The lowest BCUT2D eigenvalue weighted by Crippen LogP contribution is -2.26. The van der Waals surface area contributed by atoms with Crippen molar-refractivity contribution in [2.45, 2.75) is 43.9 Å². The first-order valence-electron chi connectivity index (χ1n) is 9.14. The van der Waals surface area contributed by atoms with Gasteiger partial charge < -0.3 is 9.84 Å². The molecule has 4 bridgehead atoms. The second-order valence-electron chi connectivity index (χ2n) is 7.87. The largest absolute Gasteiger partial charge is 0.497 e. The van der Waals surface area contributed by atoms with Crippen LogP contribution < -0.4 is 4.74 Å². The molecular weight excluding hydrogens is 316 g/mol. The van der Waals surface area contributed by atoms with Crippen molar-refractivity contribution in [1.82, 2.24) is 9.78 Å². The van der Waals surface area contributed by atoms with E-state index < -0.39 is 5.97 Å². The number of benzene rings is 1. The second-order valence-corrected chi connectivity index (χ2v) is 7.87. The molecule has 2 aromatic rings. The predicted octanol–water partition coefficient (Wildman–Crippen LogP) is 3.97. The molecule has 4 aliphatic carbocycles. The van der Waals surface area contributed by atoms with E-state index >= 15 is 0 Å². The molecule has 1 aromatic heterocycles. The van der Waals surface area contributed by atoms with E-state index in [-0.39, 0.29) is 5.69 Å². The molecule has 2 saturated carbocycles. The fraction of sp³-hybridized carbons (Fsp3) is 0.500. The standard InChI is InChI=1S/C20H22N2O3/c1-25-16-4-2-15(3-5-16)22-19-14-9-11-6-12(10-14)8-13(7-11)17(19)18(21-22)20(23)24/h2-5,11-14H,6-10H2,1H3,(H,23,24). The lowest BCUT2D eigenvalue weighted by Gasteiger charge is -2.38. The summed E-state index contributed by atoms with van der Waals surface area (Å²) in [4.78, 5) is 11.9. The Labute approximate surface area is 146 Å². The third kappa shape index (κ3) is 2.21. The quantitative estimate of drug-likeness (QED) is 0.920. The highest BCUT2D eigenvalue weighted by Crippen LogP contribution is 2.57. The number of ether oxygens (including phenoxy) is 1. The van der Waals surface area contributed by atoms with Crippen LogP contribution in [0.4, 0.5) is 0 Å². The minimum absolute atomic E-state index is 0.268. The Balaban J connectivity index is 1.71. The van der Waals surface area contributed by atoms with Gasteiger partial charge in [-0.1, -0.05) is 0 Å². The van der Waals surface area contributed by atoms with Crippen LogP contribution in [0.2, 0.25) is 0 Å². The van der Waals surface area contributed by atoms with E-state index in [1.54, 1.807) is 7.11 Å². The van der Waals surface area contributed by atoms with Crippen molar-refractivity contribution in [1.29, 1.82) is 0 Å². The summed E-state index contributed by atoms with van der Waals surface area (Å²) in [6.07, 6.45) is 5.96. The molecule has 2 atom stereocenters. The van der Waals surface area contributed by atoms with E-state index in [9.17, 15) is 9.90 Å². The molecule has 2 fully saturated rings. The van der Waals surface area contributed by atoms with Crippen LogP contribution >= 0.6 is 0 Å². The maximum atomic E-state index is 11.9. The van der Waals surface area contributed by atoms with E-state index in [4.69, 9.17) is 4.74 Å². The molecule has 5 heteroatoms. The Morgan fingerprint density at radius 3 is 2.32 bits per heavy atom. The highest BCUT2D eigenvalue weighted by atomic mass is 16.5. The molecule has 0 spiro atoms. The minimum Gasteiger partial charge on any atom is -0.497 e. The molecule has 4 aliphatic rings. The summed E-state index contributed by atoms with van der Waals surface area (Å²) in [5.41, 5.74) is 3.38. The van der Waals surface area contributed by atoms with Crippen molar-refractivity contribution in [3.63, 3.8) is 0 Å². The maximum absolute atomic E-state index is 11.9. The van der Waals surface area contributed by atoms with E-state index in [0.717, 1.165) is 47.4 Å². The van der Waals surface area contributed by atoms with E-state index in [2.05, 4.69) is 5.10 Å². The molecule has 5 nitrogen and oxygen atoms in total. The first-order valence-corrected chi connectivity index (χ1v) is 9.14. The zero-order valence-corrected chi connectivity index (χ0v) is 14.3. The number of nitrogens with zero attached hydrogens (tertiary/aromatic N) is 2. The smallest absolute Gasteiger partial charge is 0.356 e. The molecule has 1 heterocycles. The third-order valence-electron chi connectivity index (χ3n) is 6.41. The molecule has 0 saturated heterocycles. The van der Waals surface area contributed by atoms with Crippen molar-refractivity contribution in [2.24, 2.45) is 11.8 Å². The molecule has 1 N–H and O–H groups in total. The Morgan fingerprint density at radius 2 is 1.72 bits per heavy atom. The van der Waals surface area contributed by atoms with Crippen LogP contribution in [0.1, 0.15) is 65.7 Å². The normalized spacial score (nSPS) is 29.3. The monoisotopic (exact) mass is 338 g/mol. The molecule has 130 valence electrons. The first kappa shape index (κ1) is 15.0. The molecular formula is C20H22N2O3. The summed E-state index contributed by atoms with van der Waals surface area (Å²) in [5, 5.41) is 14.3. The van der Waals surface area contributed by atoms with Gasteiger partial charge in [0.25, 0.3) is 0 Å². The van der Waals surface area contributed by atoms with Gasteiger partial charge in [-0.3, -0.25) is 0 Å². The lowest BCUT2D eigenvalue weighted by molar-refractivity contribution is 0.0686. The van der Waals surface area contributed by atoms with Crippen LogP contribution in [0.3, 0.4) is 0 Å². The Bertz CT molecular complexity index is 825. The Morgan fingerprint density at radius 1 is 1.08 bits per heavy atom. The van der Waals surface area contributed by atoms with Gasteiger partial charge in [0.15, 0.2) is 5.69 Å². The van der Waals surface area contributed by atoms with Crippen LogP contribution in [-0.2, 0) is 0 Å². The van der Waals surface area contributed by atoms with Crippen LogP contribution in [0.15, 0.2) is 24.3 Å². The number of hydrogen-bond donors (Lipinski definition) is 1. The van der Waals surface area contributed by atoms with Gasteiger partial charge >= 0.3 is 5.97 Å². The molecule has 25 heavy (non-hydrogen) atoms. The van der Waals surface area contributed by atoms with Crippen LogP contribution in [0.25, 0.3) is 5.69 Å². The molecule has 0 aliphatic heterocycles. The molecule has 0 radical (unpaired) electrons. The number of rotatable bonds is 3. The Kier molecular flexibility index (Phi) is 3.21. The highest BCUT2D eigenvalue weighted by Gasteiger charge is 2.46. The van der Waals surface area contributed by atoms with Gasteiger partial charge in [0, 0.05) is 11.5 Å². The van der Waals surface area contributed by atoms with E-state index in [0.29, 0.717) is 11.8 Å². The van der Waals surface area contributed by atoms with Gasteiger partial charge in [-0.2, -0.15) is 5.10 Å². The number of hydrogen-bond acceptors (Lipinski definition) is 3. The van der Waals surface area contributed by atoms with Crippen molar-refractivity contribution in [3.05, 3.63) is 41.2 Å². The van der Waals surface area contributed by atoms with Gasteiger partial charge in [0.1, 0.15) is 5.75 Å². The van der Waals surface area contributed by atoms with Crippen molar-refractivity contribution >= 4 is 5.97 Å². The second kappa shape index (κ2) is 5.35. The third-order valence-corrected chi connectivity index (χ3v) is 6.41. The zero-order chi connectivity index (χ0) is 17.1. The number of carboxylic acids is 1. The summed E-state index contributed by atoms with van der Waals surface area (Å²) in [7, 11) is 1.65. The number of aromatic carboxylic acids is 1. The summed E-state index contributed by atoms with van der Waals surface area (Å²) in [6.45, 7) is 0. The summed E-state index contributed by atoms with van der Waals surface area (Å²) >= 11 is 0. The number of aromatic nitrogens is 2. The topological polar surface area (TPSA) is 64.4 Å². The van der Waals surface area contributed by atoms with E-state index in [1.165, 1.54) is 19.3 Å². The lowest BCUT2D eigenvalue weighted by atomic mass is 9.67. The summed E-state index contributed by atoms with van der Waals surface area (Å²) in [6, 6.07) is 7.74. The zero-order valence-electron chi connectivity index (χ0n) is 14.3. The van der Waals surface area contributed by atoms with Gasteiger partial charge in [-0.25, -0.2) is 9.48 Å². The number of carbonyl (C=O) groups is 1.